The summed E-state index contributed by atoms with van der Waals surface area (Å²) in [6.07, 6.45) is 3.30. The van der Waals surface area contributed by atoms with E-state index in [0.29, 0.717) is 12.8 Å². The van der Waals surface area contributed by atoms with Gasteiger partial charge in [-0.15, -0.1) is 11.8 Å². The van der Waals surface area contributed by atoms with Crippen LogP contribution < -0.4 is 10.6 Å². The molecular formula is C14H16N2O2S. The van der Waals surface area contributed by atoms with Gasteiger partial charge in [-0.05, 0) is 48.8 Å². The molecule has 5 heteroatoms. The minimum Gasteiger partial charge on any atom is -0.344 e. The van der Waals surface area contributed by atoms with Crippen LogP contribution in [0.2, 0.25) is 0 Å². The van der Waals surface area contributed by atoms with Crippen LogP contribution in [0.4, 0.5) is 5.69 Å². The number of anilines is 1. The van der Waals surface area contributed by atoms with Crippen LogP contribution in [0.15, 0.2) is 23.1 Å². The van der Waals surface area contributed by atoms with E-state index in [-0.39, 0.29) is 17.9 Å². The maximum absolute atomic E-state index is 12.0. The number of benzene rings is 1. The minimum absolute atomic E-state index is 0.0398. The summed E-state index contributed by atoms with van der Waals surface area (Å²) >= 11 is 1.87. The number of carbonyl (C=O) groups is 2. The SMILES string of the molecule is O=C1CCC(C(=O)Nc2ccc3c(c2)CCCS3)N1. The third-order valence-corrected chi connectivity index (χ3v) is 4.69. The number of nitrogens with one attached hydrogen (secondary N) is 2. The first-order valence-corrected chi connectivity index (χ1v) is 7.57. The molecule has 19 heavy (non-hydrogen) atoms. The molecule has 0 radical (unpaired) electrons. The Kier molecular flexibility index (Phi) is 3.46. The second kappa shape index (κ2) is 5.25. The second-order valence-electron chi connectivity index (χ2n) is 4.92. The molecule has 3 rings (SSSR count). The highest BCUT2D eigenvalue weighted by atomic mass is 32.2. The van der Waals surface area contributed by atoms with Crippen molar-refractivity contribution in [1.82, 2.24) is 5.32 Å². The van der Waals surface area contributed by atoms with E-state index in [1.165, 1.54) is 22.6 Å². The van der Waals surface area contributed by atoms with Gasteiger partial charge in [-0.25, -0.2) is 0 Å². The summed E-state index contributed by atoms with van der Waals surface area (Å²) in [5, 5.41) is 5.57. The van der Waals surface area contributed by atoms with Crippen molar-refractivity contribution in [1.29, 1.82) is 0 Å². The van der Waals surface area contributed by atoms with Crippen LogP contribution in [0.3, 0.4) is 0 Å². The van der Waals surface area contributed by atoms with E-state index in [2.05, 4.69) is 22.8 Å². The summed E-state index contributed by atoms with van der Waals surface area (Å²) in [5.41, 5.74) is 2.14. The Labute approximate surface area is 116 Å². The van der Waals surface area contributed by atoms with Crippen LogP contribution in [-0.2, 0) is 16.0 Å². The summed E-state index contributed by atoms with van der Waals surface area (Å²) in [6.45, 7) is 0. The lowest BCUT2D eigenvalue weighted by Crippen LogP contribution is -2.37. The average molecular weight is 276 g/mol. The van der Waals surface area contributed by atoms with Gasteiger partial charge in [-0.1, -0.05) is 0 Å². The molecule has 2 amide bonds. The van der Waals surface area contributed by atoms with Gasteiger partial charge in [-0.3, -0.25) is 9.59 Å². The smallest absolute Gasteiger partial charge is 0.246 e. The molecule has 0 aromatic heterocycles. The number of carbonyl (C=O) groups excluding carboxylic acids is 2. The van der Waals surface area contributed by atoms with Crippen LogP contribution in [0, 0.1) is 0 Å². The molecule has 2 N–H and O–H groups in total. The van der Waals surface area contributed by atoms with Crippen LogP contribution in [0.25, 0.3) is 0 Å². The summed E-state index contributed by atoms with van der Waals surface area (Å²) < 4.78 is 0. The number of aryl methyl sites for hydroxylation is 1. The molecule has 1 aromatic carbocycles. The fraction of sp³-hybridized carbons (Fsp3) is 0.429. The number of fused-ring (bicyclic) bond motifs is 1. The highest BCUT2D eigenvalue weighted by Gasteiger charge is 2.27. The molecule has 0 bridgehead atoms. The zero-order chi connectivity index (χ0) is 13.2. The Morgan fingerprint density at radius 2 is 2.26 bits per heavy atom. The molecule has 2 aliphatic heterocycles. The zero-order valence-corrected chi connectivity index (χ0v) is 11.4. The zero-order valence-electron chi connectivity index (χ0n) is 10.6. The predicted molar refractivity (Wildman–Crippen MR) is 75.3 cm³/mol. The standard InChI is InChI=1S/C14H16N2O2S/c17-13-6-4-11(16-13)14(18)15-10-3-5-12-9(8-10)2-1-7-19-12/h3,5,8,11H,1-2,4,6-7H2,(H,15,18)(H,16,17). The average Bonchev–Trinajstić information content (AvgIpc) is 2.85. The van der Waals surface area contributed by atoms with Gasteiger partial charge in [-0.2, -0.15) is 0 Å². The second-order valence-corrected chi connectivity index (χ2v) is 6.06. The molecule has 0 spiro atoms. The van der Waals surface area contributed by atoms with Crippen molar-refractivity contribution in [3.8, 4) is 0 Å². The van der Waals surface area contributed by atoms with E-state index in [1.807, 2.05) is 17.8 Å². The molecule has 100 valence electrons. The van der Waals surface area contributed by atoms with Crippen LogP contribution >= 0.6 is 11.8 Å². The molecule has 2 heterocycles. The van der Waals surface area contributed by atoms with Crippen molar-refractivity contribution in [2.24, 2.45) is 0 Å². The molecule has 1 aromatic rings. The summed E-state index contributed by atoms with van der Waals surface area (Å²) in [4.78, 5) is 24.4. The molecule has 1 saturated heterocycles. The lowest BCUT2D eigenvalue weighted by molar-refractivity contribution is -0.122. The molecule has 2 aliphatic rings. The lowest BCUT2D eigenvalue weighted by Gasteiger charge is -2.17. The minimum atomic E-state index is -0.377. The van der Waals surface area contributed by atoms with E-state index in [9.17, 15) is 9.59 Å². The topological polar surface area (TPSA) is 58.2 Å². The Balaban J connectivity index is 1.69. The van der Waals surface area contributed by atoms with E-state index >= 15 is 0 Å². The van der Waals surface area contributed by atoms with Crippen molar-refractivity contribution >= 4 is 29.3 Å². The Morgan fingerprint density at radius 3 is 3.05 bits per heavy atom. The van der Waals surface area contributed by atoms with E-state index in [0.717, 1.165) is 12.1 Å². The lowest BCUT2D eigenvalue weighted by atomic mass is 10.1. The van der Waals surface area contributed by atoms with Gasteiger partial charge in [0.1, 0.15) is 6.04 Å². The van der Waals surface area contributed by atoms with Crippen molar-refractivity contribution < 1.29 is 9.59 Å². The number of hydrogen-bond acceptors (Lipinski definition) is 3. The normalized spacial score (nSPS) is 21.7. The van der Waals surface area contributed by atoms with Gasteiger partial charge in [0, 0.05) is 17.0 Å². The quantitative estimate of drug-likeness (QED) is 0.868. The predicted octanol–water partition coefficient (Wildman–Crippen LogP) is 1.94. The van der Waals surface area contributed by atoms with Crippen molar-refractivity contribution in [2.75, 3.05) is 11.1 Å². The molecule has 0 aliphatic carbocycles. The van der Waals surface area contributed by atoms with Gasteiger partial charge in [0.25, 0.3) is 0 Å². The van der Waals surface area contributed by atoms with Gasteiger partial charge < -0.3 is 10.6 Å². The van der Waals surface area contributed by atoms with Gasteiger partial charge in [0.2, 0.25) is 11.8 Å². The van der Waals surface area contributed by atoms with E-state index in [4.69, 9.17) is 0 Å². The Morgan fingerprint density at radius 1 is 1.37 bits per heavy atom. The summed E-state index contributed by atoms with van der Waals surface area (Å²) in [6, 6.07) is 5.68. The molecule has 0 saturated carbocycles. The maximum Gasteiger partial charge on any atom is 0.246 e. The molecular weight excluding hydrogens is 260 g/mol. The van der Waals surface area contributed by atoms with E-state index < -0.39 is 0 Å². The Bertz CT molecular complexity index is 530. The van der Waals surface area contributed by atoms with Gasteiger partial charge in [0.15, 0.2) is 0 Å². The Hall–Kier alpha value is -1.49. The highest BCUT2D eigenvalue weighted by molar-refractivity contribution is 7.99. The van der Waals surface area contributed by atoms with Crippen molar-refractivity contribution in [2.45, 2.75) is 36.6 Å². The van der Waals surface area contributed by atoms with Crippen LogP contribution in [-0.4, -0.2) is 23.6 Å². The third-order valence-electron chi connectivity index (χ3n) is 3.49. The van der Waals surface area contributed by atoms with Crippen LogP contribution in [0.1, 0.15) is 24.8 Å². The van der Waals surface area contributed by atoms with Crippen molar-refractivity contribution in [3.05, 3.63) is 23.8 Å². The molecule has 1 fully saturated rings. The highest BCUT2D eigenvalue weighted by Crippen LogP contribution is 2.31. The number of amides is 2. The van der Waals surface area contributed by atoms with Gasteiger partial charge >= 0.3 is 0 Å². The van der Waals surface area contributed by atoms with Gasteiger partial charge in [0.05, 0.1) is 0 Å². The number of thioether (sulfide) groups is 1. The first-order chi connectivity index (χ1) is 9.22. The summed E-state index contributed by atoms with van der Waals surface area (Å²) in [5.74, 6) is 1.02. The largest absolute Gasteiger partial charge is 0.344 e. The van der Waals surface area contributed by atoms with Crippen LogP contribution in [0.5, 0.6) is 0 Å². The molecule has 4 nitrogen and oxygen atoms in total. The first kappa shape index (κ1) is 12.5. The monoisotopic (exact) mass is 276 g/mol. The number of rotatable bonds is 2. The fourth-order valence-electron chi connectivity index (χ4n) is 2.48. The third kappa shape index (κ3) is 2.76. The summed E-state index contributed by atoms with van der Waals surface area (Å²) in [7, 11) is 0. The first-order valence-electron chi connectivity index (χ1n) is 6.58. The fourth-order valence-corrected chi connectivity index (χ4v) is 3.50. The van der Waals surface area contributed by atoms with E-state index in [1.54, 1.807) is 0 Å². The number of hydrogen-bond donors (Lipinski definition) is 2. The van der Waals surface area contributed by atoms with Crippen molar-refractivity contribution in [3.63, 3.8) is 0 Å². The maximum atomic E-state index is 12.0. The molecule has 1 unspecified atom stereocenters. The molecule has 1 atom stereocenters.